The topological polar surface area (TPSA) is 64.8 Å². The van der Waals surface area contributed by atoms with Crippen molar-refractivity contribution in [3.63, 3.8) is 0 Å². The number of rotatable bonds is 8. The van der Waals surface area contributed by atoms with Crippen LogP contribution in [0, 0.1) is 0 Å². The van der Waals surface area contributed by atoms with E-state index in [9.17, 15) is 4.79 Å². The molecule has 0 amide bonds. The molecule has 0 aromatic heterocycles. The molecule has 2 aliphatic heterocycles. The van der Waals surface area contributed by atoms with E-state index in [1.54, 1.807) is 13.2 Å². The number of carbonyl (C=O) groups excluding carboxylic acids is 1. The van der Waals surface area contributed by atoms with Crippen LogP contribution in [0.25, 0.3) is 0 Å². The van der Waals surface area contributed by atoms with Gasteiger partial charge in [0.05, 0.1) is 22.9 Å². The van der Waals surface area contributed by atoms with Crippen molar-refractivity contribution in [2.24, 2.45) is 0 Å². The first-order valence-corrected chi connectivity index (χ1v) is 10.5. The summed E-state index contributed by atoms with van der Waals surface area (Å²) in [4.78, 5) is 15.1. The van der Waals surface area contributed by atoms with E-state index in [1.807, 2.05) is 0 Å². The molecular weight excluding hydrogens is 383 g/mol. The first kappa shape index (κ1) is 21.3. The molecule has 0 saturated carbocycles. The lowest BCUT2D eigenvalue weighted by Crippen LogP contribution is -2.42. The molecule has 7 heteroatoms. The first-order valence-electron chi connectivity index (χ1n) is 10.1. The van der Waals surface area contributed by atoms with Gasteiger partial charge in [-0.2, -0.15) is 0 Å². The van der Waals surface area contributed by atoms with Gasteiger partial charge in [-0.1, -0.05) is 11.6 Å². The second-order valence-corrected chi connectivity index (χ2v) is 8.25. The third-order valence-corrected chi connectivity index (χ3v) is 6.18. The SMILES string of the molecule is COCCCN1CCC(F)(CCC(=O)c2cc(Cl)c(N)c3c2OCCC3)CC1. The Labute approximate surface area is 171 Å². The Bertz CT molecular complexity index is 705. The van der Waals surface area contributed by atoms with Gasteiger partial charge >= 0.3 is 0 Å². The first-order chi connectivity index (χ1) is 13.4. The molecular formula is C21H30ClFN2O3. The van der Waals surface area contributed by atoms with Crippen LogP contribution in [0.3, 0.4) is 0 Å². The average molecular weight is 413 g/mol. The Kier molecular flexibility index (Phi) is 7.18. The third-order valence-electron chi connectivity index (χ3n) is 5.87. The fourth-order valence-electron chi connectivity index (χ4n) is 4.07. The Morgan fingerprint density at radius 2 is 2.18 bits per heavy atom. The summed E-state index contributed by atoms with van der Waals surface area (Å²) in [5.74, 6) is 0.415. The van der Waals surface area contributed by atoms with Gasteiger partial charge in [-0.25, -0.2) is 4.39 Å². The number of Topliss-reactive ketones (excluding diaryl/α,β-unsaturated/α-hetero) is 1. The second kappa shape index (κ2) is 9.42. The average Bonchev–Trinajstić information content (AvgIpc) is 2.71. The predicted octanol–water partition coefficient (Wildman–Crippen LogP) is 4.05. The molecule has 0 atom stereocenters. The number of alkyl halides is 1. The van der Waals surface area contributed by atoms with Crippen LogP contribution < -0.4 is 10.5 Å². The van der Waals surface area contributed by atoms with Crippen molar-refractivity contribution >= 4 is 23.1 Å². The smallest absolute Gasteiger partial charge is 0.166 e. The molecule has 5 nitrogen and oxygen atoms in total. The Balaban J connectivity index is 1.58. The molecule has 0 unspecified atom stereocenters. The molecule has 2 heterocycles. The predicted molar refractivity (Wildman–Crippen MR) is 109 cm³/mol. The van der Waals surface area contributed by atoms with E-state index in [0.29, 0.717) is 41.5 Å². The van der Waals surface area contributed by atoms with Crippen LogP contribution in [-0.4, -0.2) is 56.3 Å². The van der Waals surface area contributed by atoms with Crippen molar-refractivity contribution in [1.29, 1.82) is 0 Å². The summed E-state index contributed by atoms with van der Waals surface area (Å²) in [6.07, 6.45) is 3.85. The lowest BCUT2D eigenvalue weighted by Gasteiger charge is -2.36. The minimum Gasteiger partial charge on any atom is -0.492 e. The maximum absolute atomic E-state index is 15.2. The van der Waals surface area contributed by atoms with E-state index in [0.717, 1.165) is 51.1 Å². The van der Waals surface area contributed by atoms with Crippen LogP contribution in [0.2, 0.25) is 5.02 Å². The highest BCUT2D eigenvalue weighted by molar-refractivity contribution is 6.33. The van der Waals surface area contributed by atoms with Crippen LogP contribution in [0.5, 0.6) is 5.75 Å². The Hall–Kier alpha value is -1.37. The normalized spacial score (nSPS) is 19.1. The van der Waals surface area contributed by atoms with Gasteiger partial charge in [0.2, 0.25) is 0 Å². The summed E-state index contributed by atoms with van der Waals surface area (Å²) in [7, 11) is 1.69. The zero-order valence-electron chi connectivity index (χ0n) is 16.6. The number of methoxy groups -OCH3 is 1. The van der Waals surface area contributed by atoms with Gasteiger partial charge < -0.3 is 20.1 Å². The summed E-state index contributed by atoms with van der Waals surface area (Å²) in [6.45, 7) is 3.65. The molecule has 1 fully saturated rings. The largest absolute Gasteiger partial charge is 0.492 e. The molecule has 2 N–H and O–H groups in total. The van der Waals surface area contributed by atoms with Gasteiger partial charge in [-0.05, 0) is 44.6 Å². The van der Waals surface area contributed by atoms with Crippen molar-refractivity contribution in [2.75, 3.05) is 45.7 Å². The summed E-state index contributed by atoms with van der Waals surface area (Å²) in [5, 5.41) is 0.368. The highest BCUT2D eigenvalue weighted by Gasteiger charge is 2.35. The van der Waals surface area contributed by atoms with E-state index in [4.69, 9.17) is 26.8 Å². The van der Waals surface area contributed by atoms with Gasteiger partial charge in [0, 0.05) is 45.3 Å². The molecule has 1 saturated heterocycles. The quantitative estimate of drug-likeness (QED) is 0.396. The van der Waals surface area contributed by atoms with Crippen molar-refractivity contribution in [2.45, 2.75) is 50.6 Å². The molecule has 156 valence electrons. The minimum atomic E-state index is -1.29. The van der Waals surface area contributed by atoms with Crippen LogP contribution in [0.1, 0.15) is 54.4 Å². The van der Waals surface area contributed by atoms with Crippen molar-refractivity contribution in [1.82, 2.24) is 4.90 Å². The van der Waals surface area contributed by atoms with Gasteiger partial charge in [-0.15, -0.1) is 0 Å². The van der Waals surface area contributed by atoms with E-state index in [-0.39, 0.29) is 18.6 Å². The molecule has 2 aliphatic rings. The zero-order valence-corrected chi connectivity index (χ0v) is 17.3. The molecule has 3 rings (SSSR count). The van der Waals surface area contributed by atoms with Crippen molar-refractivity contribution in [3.05, 3.63) is 22.2 Å². The molecule has 0 aliphatic carbocycles. The van der Waals surface area contributed by atoms with Crippen LogP contribution >= 0.6 is 11.6 Å². The van der Waals surface area contributed by atoms with E-state index >= 15 is 4.39 Å². The number of carbonyl (C=O) groups is 1. The number of likely N-dealkylation sites (tertiary alicyclic amines) is 1. The number of nitrogens with zero attached hydrogens (tertiary/aromatic N) is 1. The maximum atomic E-state index is 15.2. The summed E-state index contributed by atoms with van der Waals surface area (Å²) in [6, 6.07) is 1.58. The number of nitrogens with two attached hydrogens (primary N) is 1. The number of halogens is 2. The summed E-state index contributed by atoms with van der Waals surface area (Å²) >= 11 is 6.22. The monoisotopic (exact) mass is 412 g/mol. The Morgan fingerprint density at radius 1 is 1.43 bits per heavy atom. The number of anilines is 1. The summed E-state index contributed by atoms with van der Waals surface area (Å²) in [5.41, 5.74) is 6.49. The lowest BCUT2D eigenvalue weighted by atomic mass is 9.86. The third kappa shape index (κ3) is 4.97. The van der Waals surface area contributed by atoms with Gasteiger partial charge in [0.25, 0.3) is 0 Å². The standard InChI is InChI=1S/C21H30ClFN2O3/c1-27-12-3-9-25-10-7-21(23,8-11-25)6-5-18(26)16-14-17(22)19(24)15-4-2-13-28-20(15)16/h14H,2-13,24H2,1H3. The molecule has 0 spiro atoms. The zero-order chi connectivity index (χ0) is 20.1. The van der Waals surface area contributed by atoms with E-state index in [1.165, 1.54) is 0 Å². The molecule has 0 radical (unpaired) electrons. The number of hydrogen-bond donors (Lipinski definition) is 1. The van der Waals surface area contributed by atoms with Crippen molar-refractivity contribution < 1.29 is 18.7 Å². The second-order valence-electron chi connectivity index (χ2n) is 7.84. The fourth-order valence-corrected chi connectivity index (χ4v) is 4.30. The number of benzene rings is 1. The van der Waals surface area contributed by atoms with Gasteiger partial charge in [-0.3, -0.25) is 4.79 Å². The lowest BCUT2D eigenvalue weighted by molar-refractivity contribution is 0.0442. The van der Waals surface area contributed by atoms with Crippen LogP contribution in [0.15, 0.2) is 6.07 Å². The maximum Gasteiger partial charge on any atom is 0.166 e. The highest BCUT2D eigenvalue weighted by atomic mass is 35.5. The Morgan fingerprint density at radius 3 is 2.89 bits per heavy atom. The van der Waals surface area contributed by atoms with Crippen LogP contribution in [0.4, 0.5) is 10.1 Å². The van der Waals surface area contributed by atoms with E-state index < -0.39 is 5.67 Å². The molecule has 28 heavy (non-hydrogen) atoms. The number of piperidine rings is 1. The molecule has 0 bridgehead atoms. The van der Waals surface area contributed by atoms with Gasteiger partial charge in [0.15, 0.2) is 5.78 Å². The van der Waals surface area contributed by atoms with E-state index in [2.05, 4.69) is 4.90 Å². The number of ketones is 1. The summed E-state index contributed by atoms with van der Waals surface area (Å²) < 4.78 is 26.0. The molecule has 1 aromatic rings. The molecule has 1 aromatic carbocycles. The van der Waals surface area contributed by atoms with Gasteiger partial charge in [0.1, 0.15) is 11.4 Å². The minimum absolute atomic E-state index is 0.125. The highest BCUT2D eigenvalue weighted by Crippen LogP contribution is 2.39. The number of fused-ring (bicyclic) bond motifs is 1. The number of nitrogen functional groups attached to an aromatic ring is 1. The van der Waals surface area contributed by atoms with Crippen molar-refractivity contribution in [3.8, 4) is 5.75 Å². The number of ether oxygens (including phenoxy) is 2. The number of hydrogen-bond acceptors (Lipinski definition) is 5. The fraction of sp³-hybridized carbons (Fsp3) is 0.667. The van der Waals surface area contributed by atoms with Crippen LogP contribution in [-0.2, 0) is 11.2 Å².